The SMILES string of the molecule is O.OCCN(CCO)CCO.[Na+].[OH-]. The van der Waals surface area contributed by atoms with Crippen molar-refractivity contribution in [2.75, 3.05) is 39.5 Å². The topological polar surface area (TPSA) is 125 Å². The van der Waals surface area contributed by atoms with Crippen LogP contribution < -0.4 is 29.6 Å². The van der Waals surface area contributed by atoms with Gasteiger partial charge in [0.25, 0.3) is 0 Å². The molecule has 0 aromatic rings. The molecule has 6 nitrogen and oxygen atoms in total. The van der Waals surface area contributed by atoms with Crippen LogP contribution in [0.3, 0.4) is 0 Å². The van der Waals surface area contributed by atoms with Crippen LogP contribution in [0.15, 0.2) is 0 Å². The summed E-state index contributed by atoms with van der Waals surface area (Å²) in [4.78, 5) is 1.79. The van der Waals surface area contributed by atoms with E-state index in [0.717, 1.165) is 0 Å². The molecule has 0 unspecified atom stereocenters. The van der Waals surface area contributed by atoms with E-state index in [2.05, 4.69) is 0 Å². The molecule has 0 aromatic carbocycles. The molecule has 0 amide bonds. The van der Waals surface area contributed by atoms with E-state index in [4.69, 9.17) is 15.3 Å². The monoisotopic (exact) mass is 207 g/mol. The number of rotatable bonds is 6. The standard InChI is InChI=1S/C6H15NO3.Na.2H2O/c8-4-1-7(2-5-9)3-6-10;;;/h8-10H,1-6H2;;2*1H2/q;+1;;/p-1. The van der Waals surface area contributed by atoms with E-state index in [1.54, 1.807) is 4.90 Å². The Morgan fingerprint density at radius 2 is 1.00 bits per heavy atom. The molecule has 0 aliphatic carbocycles. The Kier molecular flexibility index (Phi) is 33.5. The first-order valence-electron chi connectivity index (χ1n) is 3.40. The average molecular weight is 207 g/mol. The minimum atomic E-state index is 0. The van der Waals surface area contributed by atoms with Gasteiger partial charge >= 0.3 is 29.6 Å². The van der Waals surface area contributed by atoms with E-state index in [0.29, 0.717) is 19.6 Å². The summed E-state index contributed by atoms with van der Waals surface area (Å²) in [5.41, 5.74) is 0. The van der Waals surface area contributed by atoms with Crippen LogP contribution in [0.4, 0.5) is 0 Å². The third-order valence-corrected chi connectivity index (χ3v) is 1.25. The molecule has 0 spiro atoms. The maximum atomic E-state index is 8.48. The molecule has 0 radical (unpaired) electrons. The summed E-state index contributed by atoms with van der Waals surface area (Å²) in [7, 11) is 0. The van der Waals surface area contributed by atoms with Crippen LogP contribution in [0.1, 0.15) is 0 Å². The van der Waals surface area contributed by atoms with Crippen molar-refractivity contribution in [3.8, 4) is 0 Å². The molecule has 78 valence electrons. The molecule has 0 bridgehead atoms. The van der Waals surface area contributed by atoms with Crippen molar-refractivity contribution in [1.29, 1.82) is 0 Å². The van der Waals surface area contributed by atoms with Crippen LogP contribution in [0.25, 0.3) is 0 Å². The van der Waals surface area contributed by atoms with Gasteiger partial charge in [-0.25, -0.2) is 0 Å². The summed E-state index contributed by atoms with van der Waals surface area (Å²) < 4.78 is 0. The van der Waals surface area contributed by atoms with Gasteiger partial charge in [-0.05, 0) is 0 Å². The van der Waals surface area contributed by atoms with Gasteiger partial charge in [0, 0.05) is 19.6 Å². The van der Waals surface area contributed by atoms with Crippen molar-refractivity contribution < 1.29 is 55.8 Å². The van der Waals surface area contributed by atoms with Crippen molar-refractivity contribution in [3.05, 3.63) is 0 Å². The van der Waals surface area contributed by atoms with Crippen LogP contribution in [-0.2, 0) is 0 Å². The summed E-state index contributed by atoms with van der Waals surface area (Å²) >= 11 is 0. The first-order valence-corrected chi connectivity index (χ1v) is 3.40. The quantitative estimate of drug-likeness (QED) is 0.374. The molecule has 0 saturated carbocycles. The molecule has 0 fully saturated rings. The zero-order valence-electron chi connectivity index (χ0n) is 7.98. The second kappa shape index (κ2) is 18.5. The minimum absolute atomic E-state index is 0. The Balaban J connectivity index is -0.000000135. The fourth-order valence-electron chi connectivity index (χ4n) is 0.760. The Morgan fingerprint density at radius 3 is 1.15 bits per heavy atom. The third kappa shape index (κ3) is 15.5. The Hall–Kier alpha value is 0.760. The van der Waals surface area contributed by atoms with Gasteiger partial charge in [-0.3, -0.25) is 4.90 Å². The summed E-state index contributed by atoms with van der Waals surface area (Å²) in [5.74, 6) is 0. The first kappa shape index (κ1) is 23.5. The normalized spacial score (nSPS) is 8.31. The predicted molar refractivity (Wildman–Crippen MR) is 43.2 cm³/mol. The Labute approximate surface area is 100 Å². The maximum absolute atomic E-state index is 8.48. The van der Waals surface area contributed by atoms with Crippen molar-refractivity contribution in [2.45, 2.75) is 0 Å². The van der Waals surface area contributed by atoms with E-state index in [-0.39, 0.29) is 60.3 Å². The summed E-state index contributed by atoms with van der Waals surface area (Å²) in [6, 6.07) is 0. The third-order valence-electron chi connectivity index (χ3n) is 1.25. The smallest absolute Gasteiger partial charge is 0.870 e. The van der Waals surface area contributed by atoms with E-state index in [1.165, 1.54) is 0 Å². The first-order chi connectivity index (χ1) is 4.85. The largest absolute Gasteiger partial charge is 1.00 e. The van der Waals surface area contributed by atoms with E-state index >= 15 is 0 Å². The van der Waals surface area contributed by atoms with Gasteiger partial charge in [0.2, 0.25) is 0 Å². The van der Waals surface area contributed by atoms with Crippen molar-refractivity contribution >= 4 is 0 Å². The molecule has 0 aromatic heterocycles. The second-order valence-electron chi connectivity index (χ2n) is 2.01. The van der Waals surface area contributed by atoms with Crippen molar-refractivity contribution in [2.24, 2.45) is 0 Å². The van der Waals surface area contributed by atoms with Gasteiger partial charge in [-0.1, -0.05) is 0 Å². The van der Waals surface area contributed by atoms with Gasteiger partial charge in [-0.2, -0.15) is 0 Å². The van der Waals surface area contributed by atoms with Crippen LogP contribution in [0, 0.1) is 0 Å². The van der Waals surface area contributed by atoms with Gasteiger partial charge < -0.3 is 26.3 Å². The van der Waals surface area contributed by atoms with Gasteiger partial charge in [0.05, 0.1) is 19.8 Å². The molecular formula is C6H18NNaO5. The Morgan fingerprint density at radius 1 is 0.769 bits per heavy atom. The van der Waals surface area contributed by atoms with E-state index in [9.17, 15) is 0 Å². The predicted octanol–water partition coefficient (Wildman–Crippen LogP) is -5.73. The van der Waals surface area contributed by atoms with Crippen LogP contribution in [0.5, 0.6) is 0 Å². The average Bonchev–Trinajstić information content (AvgIpc) is 1.90. The summed E-state index contributed by atoms with van der Waals surface area (Å²) in [5, 5.41) is 25.5. The molecule has 0 atom stereocenters. The zero-order chi connectivity index (χ0) is 7.82. The molecule has 6 N–H and O–H groups in total. The fourth-order valence-corrected chi connectivity index (χ4v) is 0.760. The van der Waals surface area contributed by atoms with Gasteiger partial charge in [0.1, 0.15) is 0 Å². The fraction of sp³-hybridized carbons (Fsp3) is 1.00. The van der Waals surface area contributed by atoms with E-state index in [1.807, 2.05) is 0 Å². The minimum Gasteiger partial charge on any atom is -0.870 e. The molecule has 0 aliphatic heterocycles. The number of nitrogens with zero attached hydrogens (tertiary/aromatic N) is 1. The maximum Gasteiger partial charge on any atom is 1.00 e. The molecule has 0 saturated heterocycles. The molecule has 0 aliphatic rings. The molecule has 0 heterocycles. The Bertz CT molecular complexity index is 63.8. The van der Waals surface area contributed by atoms with Gasteiger partial charge in [-0.15, -0.1) is 0 Å². The van der Waals surface area contributed by atoms with Crippen LogP contribution in [-0.4, -0.2) is 70.6 Å². The second-order valence-corrected chi connectivity index (χ2v) is 2.01. The summed E-state index contributed by atoms with van der Waals surface area (Å²) in [6.07, 6.45) is 0. The number of hydrogen-bond acceptors (Lipinski definition) is 5. The molecule has 0 rings (SSSR count). The van der Waals surface area contributed by atoms with Crippen molar-refractivity contribution in [1.82, 2.24) is 4.90 Å². The summed E-state index contributed by atoms with van der Waals surface area (Å²) in [6.45, 7) is 1.75. The number of hydrogen-bond donors (Lipinski definition) is 3. The van der Waals surface area contributed by atoms with E-state index < -0.39 is 0 Å². The molecular weight excluding hydrogens is 189 g/mol. The zero-order valence-corrected chi connectivity index (χ0v) is 9.98. The number of aliphatic hydroxyl groups is 3. The van der Waals surface area contributed by atoms with Crippen LogP contribution >= 0.6 is 0 Å². The molecule has 7 heteroatoms. The molecule has 13 heavy (non-hydrogen) atoms. The van der Waals surface area contributed by atoms with Gasteiger partial charge in [0.15, 0.2) is 0 Å². The van der Waals surface area contributed by atoms with Crippen molar-refractivity contribution in [3.63, 3.8) is 0 Å². The van der Waals surface area contributed by atoms with Crippen LogP contribution in [0.2, 0.25) is 0 Å². The number of aliphatic hydroxyl groups excluding tert-OH is 3.